The van der Waals surface area contributed by atoms with E-state index in [1.807, 2.05) is 4.90 Å². The van der Waals surface area contributed by atoms with Crippen molar-refractivity contribution < 1.29 is 29.0 Å². The number of nitrogens with zero attached hydrogens (tertiary/aromatic N) is 4. The quantitative estimate of drug-likeness (QED) is 0.353. The maximum Gasteiger partial charge on any atom is 0.313 e. The van der Waals surface area contributed by atoms with Crippen molar-refractivity contribution >= 4 is 29.4 Å². The molecule has 3 rings (SSSR count). The van der Waals surface area contributed by atoms with Gasteiger partial charge in [0.15, 0.2) is 5.78 Å². The third kappa shape index (κ3) is 5.86. The second kappa shape index (κ2) is 10.9. The number of anilines is 1. The number of hydrogen-bond acceptors (Lipinski definition) is 8. The van der Waals surface area contributed by atoms with Gasteiger partial charge in [-0.05, 0) is 38.7 Å². The molecule has 2 aliphatic rings. The molecule has 2 fully saturated rings. The Morgan fingerprint density at radius 1 is 1.24 bits per heavy atom. The van der Waals surface area contributed by atoms with Crippen LogP contribution in [-0.4, -0.2) is 64.9 Å². The van der Waals surface area contributed by atoms with E-state index in [-0.39, 0.29) is 30.2 Å². The first-order valence-corrected chi connectivity index (χ1v) is 11.2. The topological polar surface area (TPSA) is 141 Å². The van der Waals surface area contributed by atoms with Crippen LogP contribution in [0.15, 0.2) is 6.07 Å². The highest BCUT2D eigenvalue weighted by Gasteiger charge is 2.29. The van der Waals surface area contributed by atoms with Gasteiger partial charge in [-0.3, -0.25) is 19.2 Å². The Hall–Kier alpha value is -3.48. The first-order valence-electron chi connectivity index (χ1n) is 11.2. The van der Waals surface area contributed by atoms with Crippen LogP contribution in [0.4, 0.5) is 5.82 Å². The second-order valence-corrected chi connectivity index (χ2v) is 8.24. The van der Waals surface area contributed by atoms with Crippen molar-refractivity contribution in [3.05, 3.63) is 22.9 Å². The zero-order valence-corrected chi connectivity index (χ0v) is 18.7. The number of carbonyl (C=O) groups is 4. The van der Waals surface area contributed by atoms with Gasteiger partial charge in [0.1, 0.15) is 18.3 Å². The molecule has 2 saturated heterocycles. The predicted molar refractivity (Wildman–Crippen MR) is 116 cm³/mol. The lowest BCUT2D eigenvalue weighted by Crippen LogP contribution is -2.38. The van der Waals surface area contributed by atoms with Crippen molar-refractivity contribution in [3.8, 4) is 6.07 Å². The minimum atomic E-state index is -0.840. The fourth-order valence-corrected chi connectivity index (χ4v) is 4.21. The number of ether oxygens (including phenoxy) is 1. The molecule has 1 N–H and O–H groups in total. The van der Waals surface area contributed by atoms with Gasteiger partial charge in [-0.15, -0.1) is 0 Å². The molecular weight excluding hydrogens is 428 g/mol. The van der Waals surface area contributed by atoms with Crippen molar-refractivity contribution in [1.82, 2.24) is 9.88 Å². The lowest BCUT2D eigenvalue weighted by atomic mass is 9.96. The summed E-state index contributed by atoms with van der Waals surface area (Å²) in [4.78, 5) is 56.6. The lowest BCUT2D eigenvalue weighted by molar-refractivity contribution is -0.143. The Balaban J connectivity index is 1.95. The molecule has 33 heavy (non-hydrogen) atoms. The van der Waals surface area contributed by atoms with Crippen LogP contribution in [0.5, 0.6) is 0 Å². The van der Waals surface area contributed by atoms with Gasteiger partial charge in [0.2, 0.25) is 5.91 Å². The number of carbonyl (C=O) groups excluding carboxylic acids is 3. The standard InChI is InChI=1S/C23H28N4O6/c1-2-33-21(30)12-19(28)17-11-16(13-24)22(26-9-6-15(7-10-26)23(31)32)25-18(17)14-27-8-4-3-5-20(27)29/h11,15H,2-10,12,14H2,1H3,(H,31,32). The van der Waals surface area contributed by atoms with Crippen molar-refractivity contribution in [2.24, 2.45) is 5.92 Å². The van der Waals surface area contributed by atoms with Crippen molar-refractivity contribution in [2.45, 2.75) is 52.0 Å². The molecule has 1 amide bonds. The Bertz CT molecular complexity index is 978. The molecule has 3 heterocycles. The average molecular weight is 456 g/mol. The predicted octanol–water partition coefficient (Wildman–Crippen LogP) is 1.90. The van der Waals surface area contributed by atoms with Crippen LogP contribution in [0, 0.1) is 17.2 Å². The van der Waals surface area contributed by atoms with Crippen LogP contribution >= 0.6 is 0 Å². The number of nitriles is 1. The maximum absolute atomic E-state index is 12.9. The van der Waals surface area contributed by atoms with Crippen molar-refractivity contribution in [2.75, 3.05) is 31.1 Å². The highest BCUT2D eigenvalue weighted by Crippen LogP contribution is 2.28. The molecule has 1 aromatic rings. The minimum absolute atomic E-state index is 0.0278. The summed E-state index contributed by atoms with van der Waals surface area (Å²) in [6.07, 6.45) is 2.46. The molecule has 0 aromatic carbocycles. The van der Waals surface area contributed by atoms with Crippen LogP contribution in [0.25, 0.3) is 0 Å². The highest BCUT2D eigenvalue weighted by atomic mass is 16.5. The van der Waals surface area contributed by atoms with E-state index < -0.39 is 30.1 Å². The lowest BCUT2D eigenvalue weighted by Gasteiger charge is -2.32. The van der Waals surface area contributed by atoms with E-state index in [2.05, 4.69) is 11.1 Å². The van der Waals surface area contributed by atoms with Crippen LogP contribution in [0.2, 0.25) is 0 Å². The molecular formula is C23H28N4O6. The van der Waals surface area contributed by atoms with Crippen LogP contribution in [-0.2, 0) is 25.7 Å². The van der Waals surface area contributed by atoms with E-state index in [9.17, 15) is 29.5 Å². The number of aliphatic carboxylic acids is 1. The Kier molecular flexibility index (Phi) is 7.98. The molecule has 0 bridgehead atoms. The van der Waals surface area contributed by atoms with Crippen molar-refractivity contribution in [1.29, 1.82) is 5.26 Å². The van der Waals surface area contributed by atoms with Crippen LogP contribution < -0.4 is 4.90 Å². The summed E-state index contributed by atoms with van der Waals surface area (Å²) in [5, 5.41) is 19.0. The zero-order chi connectivity index (χ0) is 24.0. The summed E-state index contributed by atoms with van der Waals surface area (Å²) >= 11 is 0. The number of piperidine rings is 2. The molecule has 176 valence electrons. The number of aromatic nitrogens is 1. The zero-order valence-electron chi connectivity index (χ0n) is 18.7. The average Bonchev–Trinajstić information content (AvgIpc) is 2.80. The fourth-order valence-electron chi connectivity index (χ4n) is 4.21. The fraction of sp³-hybridized carbons (Fsp3) is 0.565. The van der Waals surface area contributed by atoms with E-state index in [0.717, 1.165) is 12.8 Å². The van der Waals surface area contributed by atoms with Crippen LogP contribution in [0.3, 0.4) is 0 Å². The monoisotopic (exact) mass is 456 g/mol. The van der Waals surface area contributed by atoms with Gasteiger partial charge in [0.25, 0.3) is 0 Å². The normalized spacial score (nSPS) is 16.9. The molecule has 0 aliphatic carbocycles. The molecule has 0 radical (unpaired) electrons. The SMILES string of the molecule is CCOC(=O)CC(=O)c1cc(C#N)c(N2CCC(C(=O)O)CC2)nc1CN1CCCCC1=O. The molecule has 0 saturated carbocycles. The van der Waals surface area contributed by atoms with Gasteiger partial charge in [0.05, 0.1) is 30.3 Å². The molecule has 2 aliphatic heterocycles. The summed E-state index contributed by atoms with van der Waals surface area (Å²) in [5.41, 5.74) is 0.626. The number of likely N-dealkylation sites (tertiary alicyclic amines) is 1. The summed E-state index contributed by atoms with van der Waals surface area (Å²) < 4.78 is 4.88. The minimum Gasteiger partial charge on any atom is -0.481 e. The van der Waals surface area contributed by atoms with E-state index in [1.54, 1.807) is 11.8 Å². The third-order valence-electron chi connectivity index (χ3n) is 6.02. The smallest absolute Gasteiger partial charge is 0.313 e. The third-order valence-corrected chi connectivity index (χ3v) is 6.02. The summed E-state index contributed by atoms with van der Waals surface area (Å²) in [6.45, 7) is 3.27. The molecule has 1 aromatic heterocycles. The maximum atomic E-state index is 12.9. The largest absolute Gasteiger partial charge is 0.481 e. The number of amides is 1. The summed E-state index contributed by atoms with van der Waals surface area (Å²) in [6, 6.07) is 3.50. The summed E-state index contributed by atoms with van der Waals surface area (Å²) in [5.74, 6) is -2.13. The first-order chi connectivity index (χ1) is 15.8. The Morgan fingerprint density at radius 2 is 1.97 bits per heavy atom. The van der Waals surface area contributed by atoms with Gasteiger partial charge < -0.3 is 19.6 Å². The van der Waals surface area contributed by atoms with E-state index in [0.29, 0.717) is 50.4 Å². The number of carboxylic acid groups (broad SMARTS) is 1. The molecule has 10 heteroatoms. The molecule has 0 unspecified atom stereocenters. The van der Waals surface area contributed by atoms with Gasteiger partial charge in [0, 0.05) is 31.6 Å². The van der Waals surface area contributed by atoms with E-state index in [1.165, 1.54) is 6.07 Å². The van der Waals surface area contributed by atoms with E-state index >= 15 is 0 Å². The second-order valence-electron chi connectivity index (χ2n) is 8.24. The van der Waals surface area contributed by atoms with Gasteiger partial charge in [-0.2, -0.15) is 5.26 Å². The van der Waals surface area contributed by atoms with Gasteiger partial charge in [-0.1, -0.05) is 0 Å². The molecule has 0 atom stereocenters. The number of carboxylic acids is 1. The Morgan fingerprint density at radius 3 is 2.58 bits per heavy atom. The van der Waals surface area contributed by atoms with Crippen molar-refractivity contribution in [3.63, 3.8) is 0 Å². The summed E-state index contributed by atoms with van der Waals surface area (Å²) in [7, 11) is 0. The number of rotatable bonds is 8. The number of Topliss-reactive ketones (excluding diaryl/α,β-unsaturated/α-hetero) is 1. The van der Waals surface area contributed by atoms with Gasteiger partial charge >= 0.3 is 11.9 Å². The van der Waals surface area contributed by atoms with E-state index in [4.69, 9.17) is 4.74 Å². The first kappa shape index (κ1) is 24.2. The Labute approximate surface area is 192 Å². The highest BCUT2D eigenvalue weighted by molar-refractivity contribution is 6.07. The molecule has 10 nitrogen and oxygen atoms in total. The number of ketones is 1. The number of esters is 1. The molecule has 0 spiro atoms. The van der Waals surface area contributed by atoms with Crippen LogP contribution in [0.1, 0.15) is 67.1 Å². The number of pyridine rings is 1. The van der Waals surface area contributed by atoms with Gasteiger partial charge in [-0.25, -0.2) is 4.98 Å². The number of hydrogen-bond donors (Lipinski definition) is 1.